The molecule has 0 aliphatic rings. The minimum Gasteiger partial charge on any atom is -0.507 e. The van der Waals surface area contributed by atoms with Gasteiger partial charge in [0.25, 0.3) is 0 Å². The normalized spacial score (nSPS) is 11.5. The van der Waals surface area contributed by atoms with E-state index >= 15 is 0 Å². The molecule has 3 nitrogen and oxygen atoms in total. The van der Waals surface area contributed by atoms with E-state index in [-0.39, 0.29) is 32.2 Å². The van der Waals surface area contributed by atoms with Gasteiger partial charge in [-0.3, -0.25) is 4.98 Å². The Bertz CT molecular complexity index is 1750. The summed E-state index contributed by atoms with van der Waals surface area (Å²) in [6, 6.07) is 32.1. The van der Waals surface area contributed by atoms with E-state index in [1.54, 1.807) is 17.4 Å². The molecule has 0 atom stereocenters. The molecule has 37 heavy (non-hydrogen) atoms. The van der Waals surface area contributed by atoms with Gasteiger partial charge in [0, 0.05) is 37.7 Å². The van der Waals surface area contributed by atoms with Crippen LogP contribution in [0.5, 0.6) is 5.75 Å². The second kappa shape index (κ2) is 9.85. The van der Waals surface area contributed by atoms with E-state index in [4.69, 9.17) is 9.97 Å². The van der Waals surface area contributed by atoms with Crippen LogP contribution < -0.4 is 0 Å². The molecule has 0 bridgehead atoms. The zero-order chi connectivity index (χ0) is 24.9. The summed E-state index contributed by atoms with van der Waals surface area (Å²) >= 11 is 1.59. The zero-order valence-corrected chi connectivity index (χ0v) is 23.8. The van der Waals surface area contributed by atoms with Crippen molar-refractivity contribution in [2.45, 2.75) is 26.2 Å². The average Bonchev–Trinajstić information content (AvgIpc) is 3.32. The third-order valence-electron chi connectivity index (χ3n) is 6.49. The fraction of sp³-hybridized carbons (Fsp3) is 0.125. The number of phenolic OH excluding ortho intramolecular Hbond substituents is 1. The SMILES string of the molecule is CC(C)(C)c1cc(-c2cc3ccccc3cn2)[c-]c(-c2cccc3sc(-c4ccccc4O)nc23)c1.[Pt]. The van der Waals surface area contributed by atoms with Crippen LogP contribution in [0.25, 0.3) is 53.9 Å². The van der Waals surface area contributed by atoms with E-state index in [0.717, 1.165) is 53.9 Å². The number of para-hydroxylation sites is 2. The number of aromatic nitrogens is 2. The number of thiazole rings is 1. The zero-order valence-electron chi connectivity index (χ0n) is 20.7. The van der Waals surface area contributed by atoms with Gasteiger partial charge in [0.1, 0.15) is 10.8 Å². The fourth-order valence-electron chi connectivity index (χ4n) is 4.45. The summed E-state index contributed by atoms with van der Waals surface area (Å²) in [6.45, 7) is 6.68. The third kappa shape index (κ3) is 4.84. The van der Waals surface area contributed by atoms with Crippen LogP contribution in [0.3, 0.4) is 0 Å². The van der Waals surface area contributed by atoms with E-state index in [1.807, 2.05) is 30.5 Å². The number of phenols is 1. The third-order valence-corrected chi connectivity index (χ3v) is 7.54. The maximum Gasteiger partial charge on any atom is 0.127 e. The molecule has 1 N–H and O–H groups in total. The van der Waals surface area contributed by atoms with Gasteiger partial charge in [-0.25, -0.2) is 4.98 Å². The quantitative estimate of drug-likeness (QED) is 0.191. The maximum absolute atomic E-state index is 10.4. The average molecular weight is 681 g/mol. The van der Waals surface area contributed by atoms with Crippen LogP contribution in [0.15, 0.2) is 91.1 Å². The van der Waals surface area contributed by atoms with Crippen molar-refractivity contribution in [1.82, 2.24) is 9.97 Å². The molecule has 0 fully saturated rings. The van der Waals surface area contributed by atoms with Gasteiger partial charge in [-0.15, -0.1) is 40.7 Å². The minimum atomic E-state index is -0.0492. The molecule has 4 aromatic carbocycles. The van der Waals surface area contributed by atoms with E-state index in [0.29, 0.717) is 0 Å². The molecule has 6 aromatic rings. The van der Waals surface area contributed by atoms with E-state index in [9.17, 15) is 5.11 Å². The van der Waals surface area contributed by atoms with Crippen LogP contribution >= 0.6 is 11.3 Å². The molecule has 0 saturated carbocycles. The summed E-state index contributed by atoms with van der Waals surface area (Å²) in [7, 11) is 0. The summed E-state index contributed by atoms with van der Waals surface area (Å²) in [5.41, 5.74) is 6.73. The van der Waals surface area contributed by atoms with Gasteiger partial charge in [0.2, 0.25) is 0 Å². The Morgan fingerprint density at radius 3 is 2.27 bits per heavy atom. The van der Waals surface area contributed by atoms with Gasteiger partial charge < -0.3 is 5.11 Å². The van der Waals surface area contributed by atoms with Crippen LogP contribution in [-0.2, 0) is 26.5 Å². The molecule has 0 spiro atoms. The van der Waals surface area contributed by atoms with E-state index in [1.165, 1.54) is 5.56 Å². The maximum atomic E-state index is 10.4. The van der Waals surface area contributed by atoms with Crippen molar-refractivity contribution in [1.29, 1.82) is 0 Å². The smallest absolute Gasteiger partial charge is 0.127 e. The van der Waals surface area contributed by atoms with Crippen molar-refractivity contribution in [3.8, 4) is 38.7 Å². The molecule has 0 radical (unpaired) electrons. The summed E-state index contributed by atoms with van der Waals surface area (Å²) in [5.74, 6) is 0.240. The molecule has 5 heteroatoms. The molecule has 186 valence electrons. The second-order valence-corrected chi connectivity index (χ2v) is 11.1. The van der Waals surface area contributed by atoms with Crippen molar-refractivity contribution in [2.24, 2.45) is 0 Å². The van der Waals surface area contributed by atoms with Gasteiger partial charge in [-0.05, 0) is 34.4 Å². The Balaban J connectivity index is 0.00000280. The Labute approximate surface area is 235 Å². The van der Waals surface area contributed by atoms with Crippen molar-refractivity contribution >= 4 is 32.3 Å². The second-order valence-electron chi connectivity index (χ2n) is 10.1. The van der Waals surface area contributed by atoms with E-state index in [2.05, 4.69) is 81.4 Å². The molecule has 0 aliphatic carbocycles. The number of fused-ring (bicyclic) bond motifs is 2. The van der Waals surface area contributed by atoms with Crippen LogP contribution in [0.2, 0.25) is 0 Å². The summed E-state index contributed by atoms with van der Waals surface area (Å²) in [5, 5.41) is 13.5. The molecule has 0 saturated heterocycles. The molecular weight excluding hydrogens is 656 g/mol. The Hall–Kier alpha value is -3.33. The Morgan fingerprint density at radius 1 is 0.784 bits per heavy atom. The monoisotopic (exact) mass is 680 g/mol. The molecule has 0 aliphatic heterocycles. The molecule has 0 unspecified atom stereocenters. The number of nitrogens with zero attached hydrogens (tertiary/aromatic N) is 2. The molecule has 2 aromatic heterocycles. The standard InChI is InChI=1S/C32H25N2OS.Pt/c1-32(2,3)24-16-22(15-23(17-24)27-18-20-9-4-5-10-21(20)19-33-27)25-12-8-14-29-30(25)34-31(36-29)26-11-6-7-13-28(26)35;/h4-14,16-19,35H,1-3H3;/q-1;. The van der Waals surface area contributed by atoms with Gasteiger partial charge in [-0.2, -0.15) is 0 Å². The molecular formula is C32H25N2OPtS-. The summed E-state index contributed by atoms with van der Waals surface area (Å²) in [4.78, 5) is 9.76. The number of hydrogen-bond acceptors (Lipinski definition) is 4. The molecule has 6 rings (SSSR count). The van der Waals surface area contributed by atoms with Crippen LogP contribution in [0, 0.1) is 6.07 Å². The Morgan fingerprint density at radius 2 is 1.49 bits per heavy atom. The van der Waals surface area contributed by atoms with Crippen molar-refractivity contribution in [3.05, 3.63) is 103 Å². The van der Waals surface area contributed by atoms with E-state index < -0.39 is 0 Å². The predicted molar refractivity (Wildman–Crippen MR) is 150 cm³/mol. The van der Waals surface area contributed by atoms with Gasteiger partial charge >= 0.3 is 0 Å². The first-order valence-corrected chi connectivity index (χ1v) is 12.8. The first-order chi connectivity index (χ1) is 17.4. The van der Waals surface area contributed by atoms with Crippen LogP contribution in [0.1, 0.15) is 26.3 Å². The first kappa shape index (κ1) is 25.3. The van der Waals surface area contributed by atoms with Crippen LogP contribution in [0.4, 0.5) is 0 Å². The van der Waals surface area contributed by atoms with Crippen molar-refractivity contribution in [3.63, 3.8) is 0 Å². The molecule has 2 heterocycles. The van der Waals surface area contributed by atoms with Crippen molar-refractivity contribution in [2.75, 3.05) is 0 Å². The fourth-order valence-corrected chi connectivity index (χ4v) is 5.48. The number of pyridine rings is 1. The minimum absolute atomic E-state index is 0. The largest absolute Gasteiger partial charge is 0.507 e. The van der Waals surface area contributed by atoms with Gasteiger partial charge in [0.15, 0.2) is 0 Å². The number of rotatable bonds is 3. The van der Waals surface area contributed by atoms with Crippen molar-refractivity contribution < 1.29 is 26.2 Å². The number of hydrogen-bond donors (Lipinski definition) is 1. The number of aromatic hydroxyl groups is 1. The molecule has 0 amide bonds. The number of benzene rings is 4. The van der Waals surface area contributed by atoms with Gasteiger partial charge in [-0.1, -0.05) is 86.5 Å². The summed E-state index contributed by atoms with van der Waals surface area (Å²) < 4.78 is 1.07. The van der Waals surface area contributed by atoms with Gasteiger partial charge in [0.05, 0.1) is 11.1 Å². The first-order valence-electron chi connectivity index (χ1n) is 12.0. The topological polar surface area (TPSA) is 46.0 Å². The predicted octanol–water partition coefficient (Wildman–Crippen LogP) is 8.65. The summed E-state index contributed by atoms with van der Waals surface area (Å²) in [6.07, 6.45) is 1.93. The van der Waals surface area contributed by atoms with Crippen LogP contribution in [-0.4, -0.2) is 15.1 Å². The Kier molecular flexibility index (Phi) is 6.74.